The smallest absolute Gasteiger partial charge is 0.187 e. The third-order valence-corrected chi connectivity index (χ3v) is 16.7. The monoisotopic (exact) mass is 1230 g/mol. The van der Waals surface area contributed by atoms with E-state index in [1.807, 2.05) is 6.92 Å². The molecule has 0 radical (unpaired) electrons. The van der Waals surface area contributed by atoms with Gasteiger partial charge in [0.15, 0.2) is 37.7 Å². The summed E-state index contributed by atoms with van der Waals surface area (Å²) in [6.45, 7) is 1.32. The molecule has 84 heavy (non-hydrogen) atoms. The highest BCUT2D eigenvalue weighted by atomic mass is 16.8. The molecule has 494 valence electrons. The Balaban J connectivity index is 1.16. The van der Waals surface area contributed by atoms with Crippen molar-refractivity contribution in [2.45, 2.75) is 191 Å². The first kappa shape index (κ1) is 71.9. The largest absolute Gasteiger partial charge is 0.376 e. The van der Waals surface area contributed by atoms with E-state index in [0.717, 1.165) is 0 Å². The Bertz CT molecular complexity index is 1680. The molecule has 0 spiro atoms. The molecule has 0 aliphatic carbocycles. The number of ether oxygens (including phenoxy) is 29. The number of methoxy groups -OCH3 is 18. The molecule has 6 heterocycles. The van der Waals surface area contributed by atoms with Gasteiger partial charge < -0.3 is 142 Å². The Morgan fingerprint density at radius 3 is 0.607 bits per heavy atom. The van der Waals surface area contributed by atoms with Crippen molar-refractivity contribution >= 4 is 0 Å². The van der Waals surface area contributed by atoms with Gasteiger partial charge in [-0.2, -0.15) is 0 Å². The molecule has 30 heteroatoms. The highest BCUT2D eigenvalue weighted by Crippen LogP contribution is 2.37. The maximum Gasteiger partial charge on any atom is 0.187 e. The summed E-state index contributed by atoms with van der Waals surface area (Å²) in [6, 6.07) is 0. The zero-order chi connectivity index (χ0) is 61.4. The summed E-state index contributed by atoms with van der Waals surface area (Å²) in [6.07, 6.45) is -23.8. The first-order valence-electron chi connectivity index (χ1n) is 27.9. The average Bonchev–Trinajstić information content (AvgIpc) is 3.53. The van der Waals surface area contributed by atoms with Gasteiger partial charge in [0, 0.05) is 128 Å². The second kappa shape index (κ2) is 35.4. The summed E-state index contributed by atoms with van der Waals surface area (Å²) < 4.78 is 177. The van der Waals surface area contributed by atoms with E-state index >= 15 is 0 Å². The third kappa shape index (κ3) is 15.9. The van der Waals surface area contributed by atoms with Crippen molar-refractivity contribution < 1.29 is 142 Å². The number of aliphatic hydroxyl groups excluding tert-OH is 1. The highest BCUT2D eigenvalue weighted by molar-refractivity contribution is 4.99. The fraction of sp³-hybridized carbons (Fsp3) is 1.00. The Morgan fingerprint density at radius 1 is 0.214 bits per heavy atom. The maximum absolute atomic E-state index is 10.8. The van der Waals surface area contributed by atoms with Gasteiger partial charge >= 0.3 is 0 Å². The lowest BCUT2D eigenvalue weighted by molar-refractivity contribution is -0.360. The predicted molar refractivity (Wildman–Crippen MR) is 284 cm³/mol. The second-order valence-electron chi connectivity index (χ2n) is 20.7. The molecular weight excluding hydrogens is 1130 g/mol. The second-order valence-corrected chi connectivity index (χ2v) is 20.7. The molecule has 6 fully saturated rings. The molecule has 6 aliphatic heterocycles. The van der Waals surface area contributed by atoms with Crippen LogP contribution in [0.25, 0.3) is 0 Å². The van der Waals surface area contributed by atoms with Crippen molar-refractivity contribution in [1.29, 1.82) is 0 Å². The average molecular weight is 1230 g/mol. The molecule has 0 aromatic heterocycles. The molecule has 30 nitrogen and oxygen atoms in total. The molecule has 0 bridgehead atoms. The predicted octanol–water partition coefficient (Wildman–Crippen LogP) is -1.30. The summed E-state index contributed by atoms with van der Waals surface area (Å²) >= 11 is 0. The van der Waals surface area contributed by atoms with Crippen molar-refractivity contribution in [2.75, 3.05) is 161 Å². The minimum Gasteiger partial charge on any atom is -0.376 e. The van der Waals surface area contributed by atoms with E-state index in [1.165, 1.54) is 92.4 Å². The fourth-order valence-corrected chi connectivity index (χ4v) is 12.5. The van der Waals surface area contributed by atoms with Gasteiger partial charge in [0.2, 0.25) is 0 Å². The number of hydrogen-bond acceptors (Lipinski definition) is 30. The Hall–Kier alpha value is -1.20. The van der Waals surface area contributed by atoms with Crippen LogP contribution in [-0.2, 0) is 137 Å². The van der Waals surface area contributed by atoms with Crippen molar-refractivity contribution in [1.82, 2.24) is 0 Å². The molecule has 6 saturated heterocycles. The normalized spacial score (nSPS) is 45.0. The molecule has 0 aromatic carbocycles. The summed E-state index contributed by atoms with van der Waals surface area (Å²) in [7, 11) is 27.5. The van der Waals surface area contributed by atoms with Crippen molar-refractivity contribution in [3.8, 4) is 0 Å². The molecule has 30 atom stereocenters. The van der Waals surface area contributed by atoms with Gasteiger partial charge in [-0.1, -0.05) is 0 Å². The minimum atomic E-state index is -1.33. The lowest BCUT2D eigenvalue weighted by Crippen LogP contribution is -2.65. The third-order valence-electron chi connectivity index (χ3n) is 16.7. The minimum absolute atomic E-state index is 0.0303. The van der Waals surface area contributed by atoms with Crippen LogP contribution in [0.4, 0.5) is 0 Å². The number of aliphatic hydroxyl groups is 1. The summed E-state index contributed by atoms with van der Waals surface area (Å²) in [5.74, 6) is 0. The molecule has 6 aliphatic rings. The van der Waals surface area contributed by atoms with Gasteiger partial charge in [-0.15, -0.1) is 0 Å². The first-order valence-corrected chi connectivity index (χ1v) is 27.9. The van der Waals surface area contributed by atoms with Crippen molar-refractivity contribution in [2.24, 2.45) is 0 Å². The van der Waals surface area contributed by atoms with Gasteiger partial charge in [-0.05, 0) is 6.92 Å². The Kier molecular flexibility index (Phi) is 30.3. The van der Waals surface area contributed by atoms with E-state index in [9.17, 15) is 5.11 Å². The van der Waals surface area contributed by atoms with E-state index in [-0.39, 0.29) is 39.1 Å². The zero-order valence-electron chi connectivity index (χ0n) is 52.1. The van der Waals surface area contributed by atoms with Crippen LogP contribution in [-0.4, -0.2) is 350 Å². The molecule has 6 unspecified atom stereocenters. The first-order chi connectivity index (χ1) is 40.7. The van der Waals surface area contributed by atoms with E-state index in [4.69, 9.17) is 137 Å². The molecule has 6 rings (SSSR count). The summed E-state index contributed by atoms with van der Waals surface area (Å²) in [5.41, 5.74) is 0. The Morgan fingerprint density at radius 2 is 0.393 bits per heavy atom. The lowest BCUT2D eigenvalue weighted by Gasteiger charge is -2.48. The molecular formula is C54H98O30. The molecule has 0 amide bonds. The van der Waals surface area contributed by atoms with Gasteiger partial charge in [0.25, 0.3) is 0 Å². The van der Waals surface area contributed by atoms with Crippen LogP contribution < -0.4 is 0 Å². The number of rotatable bonds is 33. The number of hydrogen-bond donors (Lipinski definition) is 1. The fourth-order valence-electron chi connectivity index (χ4n) is 12.5. The van der Waals surface area contributed by atoms with E-state index in [2.05, 4.69) is 0 Å². The molecule has 0 aromatic rings. The summed E-state index contributed by atoms with van der Waals surface area (Å²) in [4.78, 5) is 0. The standard InChI is InChI=1S/C54H98O30/c1-25-31(56-2)37(62-8)44(69-15)50(79-25)74-21-27-33(58-4)39(64-10)46(71-17)52(81-27)76-23-29-35(60-6)41(66-12)48(73-19)54(83-29)78-24-30-36(61-7)42(67-13)47(72-18)53(84-30)77-22-28-34(59-5)40(65-11)45(70-16)51(82-28)75-20-26-32(57-3)38(63-9)43(68-14)49(55)80-26/h25-55H,20-24H2,1-19H3/t25-,26-,27-,28-,29-,30-,31-,32-,33-,34-,35-,36-,37-,38-,39-,40-,41-,42-,43?,44?,45?,46?,47?,48?,49-,50-,51-,52-,53-,54-/m1/s1. The van der Waals surface area contributed by atoms with Gasteiger partial charge in [-0.25, -0.2) is 0 Å². The van der Waals surface area contributed by atoms with E-state index in [0.29, 0.717) is 0 Å². The van der Waals surface area contributed by atoms with Crippen LogP contribution >= 0.6 is 0 Å². The van der Waals surface area contributed by atoms with Gasteiger partial charge in [0.05, 0.1) is 39.1 Å². The quantitative estimate of drug-likeness (QED) is 0.0799. The van der Waals surface area contributed by atoms with Crippen LogP contribution in [0.5, 0.6) is 0 Å². The lowest BCUT2D eigenvalue weighted by atomic mass is 9.96. The molecule has 1 N–H and O–H groups in total. The van der Waals surface area contributed by atoms with Crippen LogP contribution in [0.2, 0.25) is 0 Å². The van der Waals surface area contributed by atoms with E-state index in [1.54, 1.807) is 35.5 Å². The molecule has 0 saturated carbocycles. The SMILES string of the molecule is COC1[C@H](OC[C@H]2O[C@@H](OC[C@H]3O[C@@H](OC[C@H]4O[C@@H](OC[C@H]5O[C@@H](OC[C@H]6O[C@@H](O)C(OC)[C@H](OC)[C@@H]6OC)C(OC)[C@H](OC)[C@@H]5OC)C(OC)[C@H](OC)[C@@H]4OC)C(OC)[C@H](OC)[C@@H]3OC)C(OC)[C@H](OC)[C@@H]2OC)O[C@H](C)[C@@H](OC)[C@H]1OC. The van der Waals surface area contributed by atoms with Crippen LogP contribution in [0.3, 0.4) is 0 Å². The summed E-state index contributed by atoms with van der Waals surface area (Å²) in [5, 5.41) is 10.8. The highest BCUT2D eigenvalue weighted by Gasteiger charge is 2.56. The van der Waals surface area contributed by atoms with Crippen molar-refractivity contribution in [3.05, 3.63) is 0 Å². The van der Waals surface area contributed by atoms with Gasteiger partial charge in [0.1, 0.15) is 140 Å². The van der Waals surface area contributed by atoms with Crippen LogP contribution in [0.15, 0.2) is 0 Å². The zero-order valence-corrected chi connectivity index (χ0v) is 52.1. The maximum atomic E-state index is 10.8. The Labute approximate surface area is 493 Å². The topological polar surface area (TPSA) is 288 Å². The van der Waals surface area contributed by atoms with Crippen LogP contribution in [0, 0.1) is 0 Å². The van der Waals surface area contributed by atoms with Crippen molar-refractivity contribution in [3.63, 3.8) is 0 Å². The van der Waals surface area contributed by atoms with Gasteiger partial charge in [-0.3, -0.25) is 0 Å². The van der Waals surface area contributed by atoms with Crippen LogP contribution in [0.1, 0.15) is 6.92 Å². The van der Waals surface area contributed by atoms with E-state index < -0.39 is 178 Å².